The van der Waals surface area contributed by atoms with Crippen LogP contribution < -0.4 is 5.32 Å². The lowest BCUT2D eigenvalue weighted by atomic mass is 10.1. The van der Waals surface area contributed by atoms with Crippen molar-refractivity contribution in [1.82, 2.24) is 4.98 Å². The number of hydrogen-bond acceptors (Lipinski definition) is 2. The Bertz CT molecular complexity index is 523. The van der Waals surface area contributed by atoms with Gasteiger partial charge in [-0.1, -0.05) is 17.7 Å². The minimum Gasteiger partial charge on any atom is -0.380 e. The van der Waals surface area contributed by atoms with Gasteiger partial charge < -0.3 is 5.32 Å². The standard InChI is InChI=1S/C14H15FN2/c1-10-3-4-14(15)12(5-10)8-17-13-6-11(2)7-16-9-13/h3-7,9,17H,8H2,1-2H3. The lowest BCUT2D eigenvalue weighted by Crippen LogP contribution is -2.02. The maximum absolute atomic E-state index is 13.5. The van der Waals surface area contributed by atoms with E-state index in [0.29, 0.717) is 12.1 Å². The van der Waals surface area contributed by atoms with Gasteiger partial charge in [0.2, 0.25) is 0 Å². The summed E-state index contributed by atoms with van der Waals surface area (Å²) in [6.45, 7) is 4.40. The fourth-order valence-electron chi connectivity index (χ4n) is 1.69. The van der Waals surface area contributed by atoms with Crippen LogP contribution in [0.1, 0.15) is 16.7 Å². The predicted octanol–water partition coefficient (Wildman–Crippen LogP) is 3.45. The highest BCUT2D eigenvalue weighted by Gasteiger charge is 2.02. The van der Waals surface area contributed by atoms with Crippen LogP contribution in [-0.4, -0.2) is 4.98 Å². The van der Waals surface area contributed by atoms with E-state index in [1.807, 2.05) is 26.0 Å². The molecule has 0 bridgehead atoms. The Labute approximate surface area is 101 Å². The molecule has 1 aromatic heterocycles. The van der Waals surface area contributed by atoms with Crippen LogP contribution >= 0.6 is 0 Å². The summed E-state index contributed by atoms with van der Waals surface area (Å²) in [7, 11) is 0. The lowest BCUT2D eigenvalue weighted by Gasteiger charge is -2.08. The van der Waals surface area contributed by atoms with Crippen molar-refractivity contribution in [2.75, 3.05) is 5.32 Å². The predicted molar refractivity (Wildman–Crippen MR) is 67.4 cm³/mol. The van der Waals surface area contributed by atoms with Crippen molar-refractivity contribution in [3.8, 4) is 0 Å². The second-order valence-corrected chi connectivity index (χ2v) is 4.20. The quantitative estimate of drug-likeness (QED) is 0.873. The molecule has 2 rings (SSSR count). The Hall–Kier alpha value is -1.90. The van der Waals surface area contributed by atoms with Crippen molar-refractivity contribution in [1.29, 1.82) is 0 Å². The third-order valence-electron chi connectivity index (χ3n) is 2.56. The number of anilines is 1. The first-order valence-electron chi connectivity index (χ1n) is 5.56. The fourth-order valence-corrected chi connectivity index (χ4v) is 1.69. The third kappa shape index (κ3) is 3.03. The van der Waals surface area contributed by atoms with Crippen molar-refractivity contribution < 1.29 is 4.39 Å². The van der Waals surface area contributed by atoms with Crippen molar-refractivity contribution in [2.45, 2.75) is 20.4 Å². The van der Waals surface area contributed by atoms with Gasteiger partial charge in [0.05, 0.1) is 5.69 Å². The van der Waals surface area contributed by atoms with E-state index in [4.69, 9.17) is 0 Å². The van der Waals surface area contributed by atoms with Crippen LogP contribution in [0, 0.1) is 19.7 Å². The molecule has 0 spiro atoms. The average molecular weight is 230 g/mol. The first-order valence-corrected chi connectivity index (χ1v) is 5.56. The van der Waals surface area contributed by atoms with Crippen molar-refractivity contribution >= 4 is 5.69 Å². The topological polar surface area (TPSA) is 24.9 Å². The zero-order valence-corrected chi connectivity index (χ0v) is 10.00. The SMILES string of the molecule is Cc1cncc(NCc2cc(C)ccc2F)c1. The highest BCUT2D eigenvalue weighted by Crippen LogP contribution is 2.13. The van der Waals surface area contributed by atoms with E-state index >= 15 is 0 Å². The summed E-state index contributed by atoms with van der Waals surface area (Å²) in [6, 6.07) is 7.11. The Balaban J connectivity index is 2.09. The molecule has 17 heavy (non-hydrogen) atoms. The summed E-state index contributed by atoms with van der Waals surface area (Å²) in [5.41, 5.74) is 3.72. The van der Waals surface area contributed by atoms with Crippen molar-refractivity contribution in [3.05, 3.63) is 59.2 Å². The van der Waals surface area contributed by atoms with Crippen LogP contribution in [-0.2, 0) is 6.54 Å². The van der Waals surface area contributed by atoms with Gasteiger partial charge >= 0.3 is 0 Å². The largest absolute Gasteiger partial charge is 0.380 e. The number of aromatic nitrogens is 1. The van der Waals surface area contributed by atoms with Crippen molar-refractivity contribution in [3.63, 3.8) is 0 Å². The van der Waals surface area contributed by atoms with E-state index in [-0.39, 0.29) is 5.82 Å². The summed E-state index contributed by atoms with van der Waals surface area (Å²) in [6.07, 6.45) is 3.53. The molecular weight excluding hydrogens is 215 g/mol. The van der Waals surface area contributed by atoms with Gasteiger partial charge in [-0.05, 0) is 31.5 Å². The smallest absolute Gasteiger partial charge is 0.128 e. The minimum atomic E-state index is -0.177. The zero-order chi connectivity index (χ0) is 12.3. The second kappa shape index (κ2) is 4.95. The molecule has 0 fully saturated rings. The van der Waals surface area contributed by atoms with E-state index in [1.54, 1.807) is 18.5 Å². The summed E-state index contributed by atoms with van der Waals surface area (Å²) in [4.78, 5) is 4.08. The van der Waals surface area contributed by atoms with Crippen LogP contribution in [0.2, 0.25) is 0 Å². The molecule has 0 radical (unpaired) electrons. The van der Waals surface area contributed by atoms with E-state index in [0.717, 1.165) is 16.8 Å². The first kappa shape index (κ1) is 11.6. The highest BCUT2D eigenvalue weighted by molar-refractivity contribution is 5.43. The molecule has 0 aliphatic rings. The Morgan fingerprint density at radius 1 is 1.12 bits per heavy atom. The van der Waals surface area contributed by atoms with Crippen LogP contribution in [0.4, 0.5) is 10.1 Å². The van der Waals surface area contributed by atoms with Crippen molar-refractivity contribution in [2.24, 2.45) is 0 Å². The third-order valence-corrected chi connectivity index (χ3v) is 2.56. The Morgan fingerprint density at radius 3 is 2.71 bits per heavy atom. The summed E-state index contributed by atoms with van der Waals surface area (Å²) in [5.74, 6) is -0.177. The van der Waals surface area contributed by atoms with Crippen LogP contribution in [0.3, 0.4) is 0 Å². The van der Waals surface area contributed by atoms with Crippen LogP contribution in [0.5, 0.6) is 0 Å². The molecule has 3 heteroatoms. The van der Waals surface area contributed by atoms with Gasteiger partial charge in [-0.15, -0.1) is 0 Å². The number of rotatable bonds is 3. The van der Waals surface area contributed by atoms with E-state index in [1.165, 1.54) is 6.07 Å². The molecule has 2 nitrogen and oxygen atoms in total. The average Bonchev–Trinajstić information content (AvgIpc) is 2.30. The van der Waals surface area contributed by atoms with E-state index in [9.17, 15) is 4.39 Å². The molecule has 0 atom stereocenters. The Morgan fingerprint density at radius 2 is 1.94 bits per heavy atom. The van der Waals surface area contributed by atoms with Crippen LogP contribution in [0.15, 0.2) is 36.7 Å². The summed E-state index contributed by atoms with van der Waals surface area (Å²) >= 11 is 0. The van der Waals surface area contributed by atoms with Gasteiger partial charge in [0.25, 0.3) is 0 Å². The molecular formula is C14H15FN2. The van der Waals surface area contributed by atoms with Crippen LogP contribution in [0.25, 0.3) is 0 Å². The minimum absolute atomic E-state index is 0.177. The van der Waals surface area contributed by atoms with Gasteiger partial charge in [0, 0.05) is 24.5 Å². The molecule has 0 aliphatic carbocycles. The molecule has 1 N–H and O–H groups in total. The molecule has 0 amide bonds. The molecule has 2 aromatic rings. The van der Waals surface area contributed by atoms with Gasteiger partial charge in [0.15, 0.2) is 0 Å². The monoisotopic (exact) mass is 230 g/mol. The molecule has 1 aromatic carbocycles. The number of nitrogens with zero attached hydrogens (tertiary/aromatic N) is 1. The summed E-state index contributed by atoms with van der Waals surface area (Å²) in [5, 5.41) is 3.17. The zero-order valence-electron chi connectivity index (χ0n) is 10.00. The number of benzene rings is 1. The first-order chi connectivity index (χ1) is 8.15. The number of nitrogens with one attached hydrogen (secondary N) is 1. The number of aryl methyl sites for hydroxylation is 2. The molecule has 0 saturated heterocycles. The van der Waals surface area contributed by atoms with Gasteiger partial charge in [-0.3, -0.25) is 4.98 Å². The number of hydrogen-bond donors (Lipinski definition) is 1. The Kier molecular flexibility index (Phi) is 3.38. The molecule has 1 heterocycles. The molecule has 88 valence electrons. The maximum Gasteiger partial charge on any atom is 0.128 e. The van der Waals surface area contributed by atoms with Gasteiger partial charge in [-0.2, -0.15) is 0 Å². The molecule has 0 unspecified atom stereocenters. The number of halogens is 1. The van der Waals surface area contributed by atoms with E-state index < -0.39 is 0 Å². The fraction of sp³-hybridized carbons (Fsp3) is 0.214. The van der Waals surface area contributed by atoms with Gasteiger partial charge in [0.1, 0.15) is 5.82 Å². The maximum atomic E-state index is 13.5. The number of pyridine rings is 1. The highest BCUT2D eigenvalue weighted by atomic mass is 19.1. The molecule has 0 aliphatic heterocycles. The van der Waals surface area contributed by atoms with Gasteiger partial charge in [-0.25, -0.2) is 4.39 Å². The normalized spacial score (nSPS) is 10.3. The summed E-state index contributed by atoms with van der Waals surface area (Å²) < 4.78 is 13.5. The van der Waals surface area contributed by atoms with E-state index in [2.05, 4.69) is 10.3 Å². The second-order valence-electron chi connectivity index (χ2n) is 4.20. The molecule has 0 saturated carbocycles. The lowest BCUT2D eigenvalue weighted by molar-refractivity contribution is 0.612.